The molecule has 15 heavy (non-hydrogen) atoms. The summed E-state index contributed by atoms with van der Waals surface area (Å²) < 4.78 is 0. The highest BCUT2D eigenvalue weighted by atomic mass is 32.1. The molecule has 1 nitrogen and oxygen atoms in total. The highest BCUT2D eigenvalue weighted by molar-refractivity contribution is 7.78. The van der Waals surface area contributed by atoms with Gasteiger partial charge < -0.3 is 0 Å². The topological polar surface area (TPSA) is 17.1 Å². The first-order valence-corrected chi connectivity index (χ1v) is 4.97. The van der Waals surface area contributed by atoms with E-state index < -0.39 is 0 Å². The smallest absolute Gasteiger partial charge is 0.202 e. The van der Waals surface area contributed by atoms with Crippen LogP contribution in [0.5, 0.6) is 0 Å². The molecule has 0 atom stereocenters. The second-order valence-electron chi connectivity index (χ2n) is 3.17. The largest absolute Gasteiger partial charge is 0.220 e. The molecular weight excluding hydrogens is 204 g/mol. The van der Waals surface area contributed by atoms with Gasteiger partial charge in [0.05, 0.1) is 0 Å². The van der Waals surface area contributed by atoms with Gasteiger partial charge in [-0.3, -0.25) is 0 Å². The molecular formula is C13H8OS. The van der Waals surface area contributed by atoms with Crippen molar-refractivity contribution < 1.29 is 4.79 Å². The van der Waals surface area contributed by atoms with Crippen molar-refractivity contribution >= 4 is 17.5 Å². The minimum atomic E-state index is 1.08. The van der Waals surface area contributed by atoms with Crippen LogP contribution in [-0.2, 0) is 4.79 Å². The van der Waals surface area contributed by atoms with E-state index in [0.717, 1.165) is 5.23 Å². The van der Waals surface area contributed by atoms with Crippen LogP contribution in [0.1, 0.15) is 0 Å². The van der Waals surface area contributed by atoms with Crippen LogP contribution in [0.4, 0.5) is 0 Å². The van der Waals surface area contributed by atoms with Crippen LogP contribution in [-0.4, -0.2) is 5.23 Å². The number of hydrogen-bond donors (Lipinski definition) is 0. The van der Waals surface area contributed by atoms with E-state index in [0.29, 0.717) is 0 Å². The summed E-state index contributed by atoms with van der Waals surface area (Å²) in [4.78, 5) is 8.50. The van der Waals surface area contributed by atoms with Crippen molar-refractivity contribution in [2.45, 2.75) is 0 Å². The highest BCUT2D eigenvalue weighted by Gasteiger charge is 1.97. The van der Waals surface area contributed by atoms with Gasteiger partial charge in [-0.25, -0.2) is 4.79 Å². The Bertz CT molecular complexity index is 563. The van der Waals surface area contributed by atoms with Gasteiger partial charge in [0.2, 0.25) is 5.23 Å². The van der Waals surface area contributed by atoms with Crippen LogP contribution in [0.25, 0.3) is 0 Å². The van der Waals surface area contributed by atoms with Crippen LogP contribution in [0.2, 0.25) is 0 Å². The van der Waals surface area contributed by atoms with Gasteiger partial charge in [0.25, 0.3) is 0 Å². The lowest BCUT2D eigenvalue weighted by Gasteiger charge is -2.02. The number of hydrogen-bond acceptors (Lipinski definition) is 2. The SMILES string of the molecule is O=C=S.c1ccc2c(c1)=c1ccccc1=2. The molecule has 0 saturated heterocycles. The molecule has 0 radical (unpaired) electrons. The molecule has 0 amide bonds. The molecule has 0 aliphatic heterocycles. The first-order valence-electron chi connectivity index (χ1n) is 4.56. The summed E-state index contributed by atoms with van der Waals surface area (Å²) in [7, 11) is 0. The summed E-state index contributed by atoms with van der Waals surface area (Å²) in [6.07, 6.45) is 0. The van der Waals surface area contributed by atoms with Crippen molar-refractivity contribution in [2.75, 3.05) is 0 Å². The molecule has 0 unspecified atom stereocenters. The summed E-state index contributed by atoms with van der Waals surface area (Å²) in [5.41, 5.74) is 0. The van der Waals surface area contributed by atoms with Gasteiger partial charge in [-0.1, -0.05) is 48.5 Å². The maximum absolute atomic E-state index is 8.50. The van der Waals surface area contributed by atoms with Crippen LogP contribution in [0.15, 0.2) is 48.5 Å². The number of benzene rings is 2. The standard InChI is InChI=1S/C12H8.COS/c1-2-6-10-9(5-1)11-7-3-4-8-12(10)11;2-1-3/h1-8H;. The minimum Gasteiger partial charge on any atom is -0.220 e. The molecule has 0 N–H and O–H groups in total. The number of fused-ring (bicyclic) bond motifs is 2. The van der Waals surface area contributed by atoms with Gasteiger partial charge in [-0.15, -0.1) is 0 Å². The molecule has 0 fully saturated rings. The molecule has 0 saturated carbocycles. The molecule has 2 aromatic carbocycles. The Labute approximate surface area is 92.0 Å². The Balaban J connectivity index is 0.000000258. The van der Waals surface area contributed by atoms with Gasteiger partial charge >= 0.3 is 0 Å². The quantitative estimate of drug-likeness (QED) is 0.533. The third-order valence-corrected chi connectivity index (χ3v) is 2.43. The normalized spacial score (nSPS) is 9.60. The first kappa shape index (κ1) is 9.78. The second-order valence-corrected chi connectivity index (χ2v) is 3.34. The lowest BCUT2D eigenvalue weighted by molar-refractivity contribution is 0.572. The summed E-state index contributed by atoms with van der Waals surface area (Å²) in [5, 5.41) is 6.67. The van der Waals surface area contributed by atoms with Crippen molar-refractivity contribution in [3.05, 3.63) is 69.4 Å². The maximum atomic E-state index is 8.50. The summed E-state index contributed by atoms with van der Waals surface area (Å²) >= 11 is 3.59. The van der Waals surface area contributed by atoms with Crippen molar-refractivity contribution in [1.29, 1.82) is 0 Å². The monoisotopic (exact) mass is 212 g/mol. The van der Waals surface area contributed by atoms with Gasteiger partial charge in [-0.2, -0.15) is 0 Å². The Morgan fingerprint density at radius 2 is 0.933 bits per heavy atom. The molecule has 2 aromatic rings. The average Bonchev–Trinajstić information content (AvgIpc) is 2.27. The van der Waals surface area contributed by atoms with E-state index in [1.807, 2.05) is 0 Å². The fourth-order valence-electron chi connectivity index (χ4n) is 1.84. The van der Waals surface area contributed by atoms with Crippen LogP contribution in [0.3, 0.4) is 0 Å². The van der Waals surface area contributed by atoms with E-state index in [1.54, 1.807) is 0 Å². The fraction of sp³-hybridized carbons (Fsp3) is 0. The fourth-order valence-corrected chi connectivity index (χ4v) is 1.84. The summed E-state index contributed by atoms with van der Waals surface area (Å²) in [6, 6.07) is 17.1. The zero-order valence-electron chi connectivity index (χ0n) is 7.94. The molecule has 0 heterocycles. The average molecular weight is 212 g/mol. The molecule has 0 spiro atoms. The Morgan fingerprint density at radius 3 is 1.13 bits per heavy atom. The van der Waals surface area contributed by atoms with Gasteiger partial charge in [0.15, 0.2) is 0 Å². The van der Waals surface area contributed by atoms with E-state index in [4.69, 9.17) is 4.79 Å². The third-order valence-electron chi connectivity index (χ3n) is 2.43. The second kappa shape index (κ2) is 4.18. The van der Waals surface area contributed by atoms with Gasteiger partial charge in [0.1, 0.15) is 0 Å². The molecule has 1 aliphatic carbocycles. The molecule has 0 aromatic heterocycles. The lowest BCUT2D eigenvalue weighted by Crippen LogP contribution is -1.88. The molecule has 3 rings (SSSR count). The summed E-state index contributed by atoms with van der Waals surface area (Å²) in [6.45, 7) is 0. The van der Waals surface area contributed by atoms with E-state index in [9.17, 15) is 0 Å². The molecule has 2 heteroatoms. The molecule has 0 bridgehead atoms. The minimum absolute atomic E-state index is 1.08. The van der Waals surface area contributed by atoms with Crippen molar-refractivity contribution in [1.82, 2.24) is 0 Å². The lowest BCUT2D eigenvalue weighted by atomic mass is 10.0. The zero-order valence-corrected chi connectivity index (χ0v) is 8.75. The van der Waals surface area contributed by atoms with Crippen LogP contribution >= 0.6 is 12.2 Å². The Morgan fingerprint density at radius 1 is 0.733 bits per heavy atom. The van der Waals surface area contributed by atoms with Crippen LogP contribution in [0, 0.1) is 20.9 Å². The Hall–Kier alpha value is -1.76. The van der Waals surface area contributed by atoms with E-state index in [2.05, 4.69) is 60.7 Å². The molecule has 72 valence electrons. The number of rotatable bonds is 0. The maximum Gasteiger partial charge on any atom is 0.202 e. The number of carbonyl (C=O) groups excluding carboxylic acids is 1. The van der Waals surface area contributed by atoms with E-state index >= 15 is 0 Å². The zero-order chi connectivity index (χ0) is 10.7. The van der Waals surface area contributed by atoms with Crippen molar-refractivity contribution in [2.24, 2.45) is 0 Å². The Kier molecular flexibility index (Phi) is 2.72. The molecule has 1 aliphatic rings. The predicted molar refractivity (Wildman–Crippen MR) is 61.5 cm³/mol. The highest BCUT2D eigenvalue weighted by Crippen LogP contribution is 2.11. The van der Waals surface area contributed by atoms with Crippen LogP contribution < -0.4 is 0 Å². The van der Waals surface area contributed by atoms with Crippen molar-refractivity contribution in [3.8, 4) is 0 Å². The van der Waals surface area contributed by atoms with E-state index in [1.165, 1.54) is 20.9 Å². The van der Waals surface area contributed by atoms with Gasteiger partial charge in [0, 0.05) is 12.2 Å². The summed E-state index contributed by atoms with van der Waals surface area (Å²) in [5.74, 6) is 0. The first-order chi connectivity index (χ1) is 7.38. The van der Waals surface area contributed by atoms with Crippen molar-refractivity contribution in [3.63, 3.8) is 0 Å². The van der Waals surface area contributed by atoms with Gasteiger partial charge in [-0.05, 0) is 20.9 Å². The van der Waals surface area contributed by atoms with E-state index in [-0.39, 0.29) is 0 Å². The third kappa shape index (κ3) is 1.61. The predicted octanol–water partition coefficient (Wildman–Crippen LogP) is 2.83. The number of thiocarbonyl (C=S) groups is 1.